The lowest BCUT2D eigenvalue weighted by atomic mass is 9.95. The van der Waals surface area contributed by atoms with Gasteiger partial charge >= 0.3 is 0 Å². The van der Waals surface area contributed by atoms with Crippen LogP contribution in [0, 0.1) is 11.7 Å². The number of anilines is 1. The van der Waals surface area contributed by atoms with Crippen molar-refractivity contribution in [3.8, 4) is 17.0 Å². The van der Waals surface area contributed by atoms with Crippen LogP contribution >= 0.6 is 0 Å². The van der Waals surface area contributed by atoms with Gasteiger partial charge in [-0.15, -0.1) is 0 Å². The molecule has 0 bridgehead atoms. The van der Waals surface area contributed by atoms with Gasteiger partial charge in [0, 0.05) is 24.6 Å². The average Bonchev–Trinajstić information content (AvgIpc) is 3.54. The minimum atomic E-state index is -0.505. The lowest BCUT2D eigenvalue weighted by molar-refractivity contribution is 0.0347. The van der Waals surface area contributed by atoms with Crippen molar-refractivity contribution in [1.82, 2.24) is 15.1 Å². The van der Waals surface area contributed by atoms with Crippen LogP contribution in [-0.4, -0.2) is 42.2 Å². The second-order valence-electron chi connectivity index (χ2n) is 9.56. The van der Waals surface area contributed by atoms with Crippen molar-refractivity contribution in [2.45, 2.75) is 44.7 Å². The Hall–Kier alpha value is -3.47. The van der Waals surface area contributed by atoms with Gasteiger partial charge in [-0.25, -0.2) is 9.07 Å². The highest BCUT2D eigenvalue weighted by Crippen LogP contribution is 2.45. The summed E-state index contributed by atoms with van der Waals surface area (Å²) in [5.41, 5.74) is 16.0. The largest absolute Gasteiger partial charge is 0.496 e. The van der Waals surface area contributed by atoms with E-state index in [1.165, 1.54) is 19.2 Å². The van der Waals surface area contributed by atoms with Crippen molar-refractivity contribution in [2.75, 3.05) is 26.1 Å². The van der Waals surface area contributed by atoms with Gasteiger partial charge in [-0.2, -0.15) is 5.10 Å². The normalized spacial score (nSPS) is 21.9. The summed E-state index contributed by atoms with van der Waals surface area (Å²) in [6, 6.07) is 11.6. The lowest BCUT2D eigenvalue weighted by Gasteiger charge is -2.28. The van der Waals surface area contributed by atoms with Gasteiger partial charge in [0.25, 0.3) is 5.91 Å². The van der Waals surface area contributed by atoms with E-state index in [0.717, 1.165) is 47.9 Å². The number of hydrogen-bond acceptors (Lipinski definition) is 7. The Morgan fingerprint density at radius 3 is 2.70 bits per heavy atom. The summed E-state index contributed by atoms with van der Waals surface area (Å²) in [5, 5.41) is 7.72. The van der Waals surface area contributed by atoms with E-state index in [4.69, 9.17) is 30.8 Å². The zero-order valence-corrected chi connectivity index (χ0v) is 20.9. The number of epoxide rings is 1. The molecule has 0 radical (unpaired) electrons. The molecule has 0 aliphatic carbocycles. The number of halogens is 1. The van der Waals surface area contributed by atoms with E-state index in [1.807, 2.05) is 28.9 Å². The predicted octanol–water partition coefficient (Wildman–Crippen LogP) is 3.55. The number of methoxy groups -OCH3 is 1. The molecule has 9 nitrogen and oxygen atoms in total. The summed E-state index contributed by atoms with van der Waals surface area (Å²) in [6.45, 7) is 3.86. The van der Waals surface area contributed by atoms with Crippen LogP contribution < -0.4 is 21.5 Å². The molecule has 2 aromatic carbocycles. The predicted molar refractivity (Wildman–Crippen MR) is 136 cm³/mol. The Labute approximate surface area is 214 Å². The van der Waals surface area contributed by atoms with E-state index < -0.39 is 18.0 Å². The van der Waals surface area contributed by atoms with E-state index in [9.17, 15) is 9.18 Å². The maximum absolute atomic E-state index is 13.6. The first-order chi connectivity index (χ1) is 17.9. The molecular weight excluding hydrogens is 477 g/mol. The molecule has 3 heterocycles. The molecule has 1 aromatic heterocycles. The lowest BCUT2D eigenvalue weighted by Crippen LogP contribution is -2.27. The SMILES string of the molecule is COc1ccc(F)cc1C(=O)NCc1ccc(-c2nn(C(C)C3CCCOC3)c(N)c2C2OC2N)cc1. The molecule has 5 rings (SSSR count). The van der Waals surface area contributed by atoms with E-state index in [2.05, 4.69) is 12.2 Å². The monoisotopic (exact) mass is 509 g/mol. The van der Waals surface area contributed by atoms with Gasteiger partial charge in [0.2, 0.25) is 0 Å². The number of hydrogen-bond donors (Lipinski definition) is 3. The summed E-state index contributed by atoms with van der Waals surface area (Å²) >= 11 is 0. The summed E-state index contributed by atoms with van der Waals surface area (Å²) in [4.78, 5) is 12.6. The first-order valence-electron chi connectivity index (χ1n) is 12.4. The molecule has 4 atom stereocenters. The Balaban J connectivity index is 1.34. The fourth-order valence-corrected chi connectivity index (χ4v) is 4.88. The highest BCUT2D eigenvalue weighted by molar-refractivity contribution is 5.96. The molecular formula is C27H32FN5O4. The minimum Gasteiger partial charge on any atom is -0.496 e. The molecule has 2 saturated heterocycles. The fourth-order valence-electron chi connectivity index (χ4n) is 4.88. The van der Waals surface area contributed by atoms with Crippen molar-refractivity contribution in [3.05, 3.63) is 65.0 Å². The third-order valence-electron chi connectivity index (χ3n) is 7.15. The molecule has 196 valence electrons. The van der Waals surface area contributed by atoms with Gasteiger partial charge in [-0.05, 0) is 43.5 Å². The van der Waals surface area contributed by atoms with Crippen molar-refractivity contribution in [2.24, 2.45) is 11.7 Å². The summed E-state index contributed by atoms with van der Waals surface area (Å²) in [7, 11) is 1.44. The smallest absolute Gasteiger partial charge is 0.255 e. The number of nitrogens with zero attached hydrogens (tertiary/aromatic N) is 2. The van der Waals surface area contributed by atoms with Gasteiger partial charge < -0.3 is 31.0 Å². The van der Waals surface area contributed by atoms with Crippen LogP contribution in [0.3, 0.4) is 0 Å². The van der Waals surface area contributed by atoms with Gasteiger partial charge in [0.05, 0.1) is 30.9 Å². The number of rotatable bonds is 8. The highest BCUT2D eigenvalue weighted by Gasteiger charge is 2.43. The zero-order chi connectivity index (χ0) is 26.1. The number of amides is 1. The van der Waals surface area contributed by atoms with Crippen molar-refractivity contribution in [1.29, 1.82) is 0 Å². The van der Waals surface area contributed by atoms with E-state index >= 15 is 0 Å². The number of benzene rings is 2. The molecule has 2 fully saturated rings. The maximum Gasteiger partial charge on any atom is 0.255 e. The number of ether oxygens (including phenoxy) is 3. The van der Waals surface area contributed by atoms with Crippen molar-refractivity contribution in [3.63, 3.8) is 0 Å². The Morgan fingerprint density at radius 2 is 2.05 bits per heavy atom. The second kappa shape index (κ2) is 10.5. The third-order valence-corrected chi connectivity index (χ3v) is 7.15. The maximum atomic E-state index is 13.6. The van der Waals surface area contributed by atoms with Gasteiger partial charge in [0.1, 0.15) is 35.4 Å². The van der Waals surface area contributed by atoms with Crippen LogP contribution in [0.5, 0.6) is 5.75 Å². The molecule has 0 saturated carbocycles. The molecule has 5 N–H and O–H groups in total. The molecule has 10 heteroatoms. The van der Waals surface area contributed by atoms with Crippen molar-refractivity contribution < 1.29 is 23.4 Å². The van der Waals surface area contributed by atoms with Gasteiger partial charge in [-0.1, -0.05) is 24.3 Å². The standard InChI is InChI=1S/C27H32FN5O4/c1-15(18-4-3-11-36-14-18)33-25(29)22(24-26(30)37-24)23(32-33)17-7-5-16(6-8-17)13-31-27(34)20-12-19(28)9-10-21(20)35-2/h5-10,12,15,18,24,26H,3-4,11,13-14,29-30H2,1-2H3,(H,31,34). The Morgan fingerprint density at radius 1 is 1.30 bits per heavy atom. The number of aromatic nitrogens is 2. The number of carbonyl (C=O) groups is 1. The van der Waals surface area contributed by atoms with Crippen LogP contribution in [0.4, 0.5) is 10.2 Å². The first-order valence-corrected chi connectivity index (χ1v) is 12.4. The highest BCUT2D eigenvalue weighted by atomic mass is 19.1. The number of carbonyl (C=O) groups excluding carboxylic acids is 1. The van der Waals surface area contributed by atoms with Gasteiger partial charge in [-0.3, -0.25) is 4.79 Å². The molecule has 2 aliphatic rings. The molecule has 0 spiro atoms. The molecule has 2 aliphatic heterocycles. The zero-order valence-electron chi connectivity index (χ0n) is 20.9. The fraction of sp³-hybridized carbons (Fsp3) is 0.407. The number of nitrogens with one attached hydrogen (secondary N) is 1. The summed E-state index contributed by atoms with van der Waals surface area (Å²) < 4.78 is 31.9. The molecule has 37 heavy (non-hydrogen) atoms. The minimum absolute atomic E-state index is 0.0667. The molecule has 1 amide bonds. The van der Waals surface area contributed by atoms with E-state index in [0.29, 0.717) is 24.1 Å². The third kappa shape index (κ3) is 5.18. The van der Waals surface area contributed by atoms with Crippen LogP contribution in [0.1, 0.15) is 53.4 Å². The second-order valence-corrected chi connectivity index (χ2v) is 9.56. The van der Waals surface area contributed by atoms with Crippen LogP contribution in [0.2, 0.25) is 0 Å². The topological polar surface area (TPSA) is 130 Å². The Bertz CT molecular complexity index is 1270. The van der Waals surface area contributed by atoms with Crippen LogP contribution in [0.25, 0.3) is 11.3 Å². The van der Waals surface area contributed by atoms with E-state index in [-0.39, 0.29) is 24.3 Å². The van der Waals surface area contributed by atoms with Crippen LogP contribution in [0.15, 0.2) is 42.5 Å². The first kappa shape index (κ1) is 25.2. The van der Waals surface area contributed by atoms with Crippen molar-refractivity contribution >= 4 is 11.7 Å². The number of nitrogens with two attached hydrogens (primary N) is 2. The van der Waals surface area contributed by atoms with Crippen LogP contribution in [-0.2, 0) is 16.0 Å². The molecule has 4 unspecified atom stereocenters. The average molecular weight is 510 g/mol. The quantitative estimate of drug-likeness (QED) is 0.396. The van der Waals surface area contributed by atoms with Gasteiger partial charge in [0.15, 0.2) is 0 Å². The Kier molecular flexibility index (Phi) is 7.14. The summed E-state index contributed by atoms with van der Waals surface area (Å²) in [6.07, 6.45) is 1.39. The molecule has 3 aromatic rings. The summed E-state index contributed by atoms with van der Waals surface area (Å²) in [5.74, 6) is 0.272. The number of nitrogen functional groups attached to an aromatic ring is 1. The van der Waals surface area contributed by atoms with E-state index in [1.54, 1.807) is 0 Å².